The third kappa shape index (κ3) is 5.22. The van der Waals surface area contributed by atoms with Crippen LogP contribution in [0, 0.1) is 11.8 Å². The Kier molecular flexibility index (Phi) is 7.24. The van der Waals surface area contributed by atoms with Crippen molar-refractivity contribution < 1.29 is 13.2 Å². The first-order valence-electron chi connectivity index (χ1n) is 8.68. The number of carbonyl (C=O) groups excluding carboxylic acids is 1. The fourth-order valence-electron chi connectivity index (χ4n) is 3.36. The van der Waals surface area contributed by atoms with Crippen LogP contribution in [-0.4, -0.2) is 20.9 Å². The molecule has 0 saturated heterocycles. The van der Waals surface area contributed by atoms with E-state index in [1.165, 1.54) is 12.1 Å². The highest BCUT2D eigenvalue weighted by atomic mass is 35.5. The highest BCUT2D eigenvalue weighted by Gasteiger charge is 2.32. The molecule has 0 radical (unpaired) electrons. The molecule has 0 aromatic heterocycles. The van der Waals surface area contributed by atoms with Gasteiger partial charge in [-0.05, 0) is 55.6 Å². The van der Waals surface area contributed by atoms with Gasteiger partial charge in [0.1, 0.15) is 0 Å². The highest BCUT2D eigenvalue weighted by molar-refractivity contribution is 7.92. The number of hydrogen-bond acceptors (Lipinski definition) is 4. The molecule has 8 heteroatoms. The molecular formula is C19H24ClN3O3S. The summed E-state index contributed by atoms with van der Waals surface area (Å²) in [4.78, 5) is 12.6. The van der Waals surface area contributed by atoms with Crippen molar-refractivity contribution >= 4 is 39.7 Å². The third-order valence-corrected chi connectivity index (χ3v) is 6.12. The smallest absolute Gasteiger partial charge is 0.261 e. The maximum absolute atomic E-state index is 12.6. The Morgan fingerprint density at radius 2 is 1.74 bits per heavy atom. The zero-order valence-corrected chi connectivity index (χ0v) is 16.4. The van der Waals surface area contributed by atoms with Gasteiger partial charge in [-0.15, -0.1) is 12.4 Å². The Hall–Kier alpha value is -2.09. The molecule has 1 aliphatic rings. The normalized spacial score (nSPS) is 19.1. The molecule has 1 aliphatic carbocycles. The molecule has 3 rings (SSSR count). The summed E-state index contributed by atoms with van der Waals surface area (Å²) in [7, 11) is -3.73. The van der Waals surface area contributed by atoms with E-state index in [1.54, 1.807) is 36.4 Å². The van der Waals surface area contributed by atoms with Crippen LogP contribution in [0.2, 0.25) is 0 Å². The van der Waals surface area contributed by atoms with Crippen molar-refractivity contribution in [2.45, 2.75) is 24.2 Å². The summed E-state index contributed by atoms with van der Waals surface area (Å²) in [6.07, 6.45) is 2.78. The van der Waals surface area contributed by atoms with E-state index >= 15 is 0 Å². The first kappa shape index (κ1) is 21.2. The van der Waals surface area contributed by atoms with E-state index in [9.17, 15) is 13.2 Å². The number of nitrogens with one attached hydrogen (secondary N) is 2. The maximum Gasteiger partial charge on any atom is 0.261 e. The molecule has 1 amide bonds. The molecule has 146 valence electrons. The van der Waals surface area contributed by atoms with Crippen LogP contribution in [0.25, 0.3) is 0 Å². The topological polar surface area (TPSA) is 101 Å². The summed E-state index contributed by atoms with van der Waals surface area (Å²) in [6, 6.07) is 14.9. The number of anilines is 2. The van der Waals surface area contributed by atoms with E-state index in [0.717, 1.165) is 19.3 Å². The van der Waals surface area contributed by atoms with E-state index < -0.39 is 10.0 Å². The number of benzene rings is 2. The molecule has 2 atom stereocenters. The SMILES string of the molecule is Cl.NC[C@H]1CCC[C@H]1C(=O)Nc1cccc(S(=O)(=O)Nc2ccccc2)c1. The Balaban J connectivity index is 0.00000261. The van der Waals surface area contributed by atoms with Crippen LogP contribution < -0.4 is 15.8 Å². The summed E-state index contributed by atoms with van der Waals surface area (Å²) >= 11 is 0. The lowest BCUT2D eigenvalue weighted by Gasteiger charge is -2.17. The van der Waals surface area contributed by atoms with Crippen LogP contribution in [0.4, 0.5) is 11.4 Å². The Morgan fingerprint density at radius 3 is 2.44 bits per heavy atom. The second-order valence-corrected chi connectivity index (χ2v) is 8.20. The van der Waals surface area contributed by atoms with Crippen LogP contribution in [0.3, 0.4) is 0 Å². The number of nitrogens with two attached hydrogens (primary N) is 1. The number of para-hydroxylation sites is 1. The molecular weight excluding hydrogens is 386 g/mol. The van der Waals surface area contributed by atoms with Gasteiger partial charge in [0.15, 0.2) is 0 Å². The summed E-state index contributed by atoms with van der Waals surface area (Å²) < 4.78 is 27.6. The van der Waals surface area contributed by atoms with Crippen molar-refractivity contribution in [3.8, 4) is 0 Å². The van der Waals surface area contributed by atoms with Crippen LogP contribution in [0.15, 0.2) is 59.5 Å². The lowest BCUT2D eigenvalue weighted by Crippen LogP contribution is -2.29. The number of carbonyl (C=O) groups is 1. The largest absolute Gasteiger partial charge is 0.330 e. The number of amides is 1. The second kappa shape index (κ2) is 9.21. The average molecular weight is 410 g/mol. The monoisotopic (exact) mass is 409 g/mol. The van der Waals surface area contributed by atoms with E-state index in [4.69, 9.17) is 5.73 Å². The number of hydrogen-bond donors (Lipinski definition) is 3. The van der Waals surface area contributed by atoms with Gasteiger partial charge < -0.3 is 11.1 Å². The van der Waals surface area contributed by atoms with Gasteiger partial charge in [-0.3, -0.25) is 9.52 Å². The number of halogens is 1. The maximum atomic E-state index is 12.6. The van der Waals surface area contributed by atoms with Crippen LogP contribution in [-0.2, 0) is 14.8 Å². The molecule has 2 aromatic carbocycles. The molecule has 1 saturated carbocycles. The number of sulfonamides is 1. The van der Waals surface area contributed by atoms with Crippen molar-refractivity contribution in [2.75, 3.05) is 16.6 Å². The van der Waals surface area contributed by atoms with Gasteiger partial charge in [0.2, 0.25) is 5.91 Å². The van der Waals surface area contributed by atoms with Gasteiger partial charge in [0, 0.05) is 17.3 Å². The predicted octanol–water partition coefficient (Wildman–Crippen LogP) is 3.22. The summed E-state index contributed by atoms with van der Waals surface area (Å²) in [6.45, 7) is 0.494. The van der Waals surface area contributed by atoms with E-state index in [0.29, 0.717) is 17.9 Å². The fraction of sp³-hybridized carbons (Fsp3) is 0.316. The molecule has 6 nitrogen and oxygen atoms in total. The Bertz CT molecular complexity index is 875. The van der Waals surface area contributed by atoms with Gasteiger partial charge in [0.25, 0.3) is 10.0 Å². The molecule has 0 aliphatic heterocycles. The fourth-order valence-corrected chi connectivity index (χ4v) is 4.46. The van der Waals surface area contributed by atoms with Gasteiger partial charge in [-0.25, -0.2) is 8.42 Å². The molecule has 1 fully saturated rings. The molecule has 0 spiro atoms. The molecule has 0 unspecified atom stereocenters. The zero-order valence-electron chi connectivity index (χ0n) is 14.8. The Morgan fingerprint density at radius 1 is 1.04 bits per heavy atom. The van der Waals surface area contributed by atoms with Crippen molar-refractivity contribution in [2.24, 2.45) is 17.6 Å². The standard InChI is InChI=1S/C19H23N3O3S.ClH/c20-13-14-6-4-11-18(14)19(23)21-16-9-5-10-17(12-16)26(24,25)22-15-7-2-1-3-8-15;/h1-3,5,7-10,12,14,18,22H,4,6,11,13,20H2,(H,21,23);1H/t14-,18-;/m1./s1. The quantitative estimate of drug-likeness (QED) is 0.681. The third-order valence-electron chi connectivity index (χ3n) is 4.74. The van der Waals surface area contributed by atoms with Crippen molar-refractivity contribution in [1.29, 1.82) is 0 Å². The van der Waals surface area contributed by atoms with Crippen LogP contribution in [0.5, 0.6) is 0 Å². The summed E-state index contributed by atoms with van der Waals surface area (Å²) in [5, 5.41) is 2.84. The van der Waals surface area contributed by atoms with Crippen LogP contribution in [0.1, 0.15) is 19.3 Å². The molecule has 0 bridgehead atoms. The van der Waals surface area contributed by atoms with E-state index in [-0.39, 0.29) is 35.0 Å². The molecule has 4 N–H and O–H groups in total. The van der Waals surface area contributed by atoms with E-state index in [1.807, 2.05) is 6.07 Å². The summed E-state index contributed by atoms with van der Waals surface area (Å²) in [5.74, 6) is -0.00659. The average Bonchev–Trinajstić information content (AvgIpc) is 3.11. The van der Waals surface area contributed by atoms with Gasteiger partial charge in [0.05, 0.1) is 4.90 Å². The van der Waals surface area contributed by atoms with Crippen molar-refractivity contribution in [1.82, 2.24) is 0 Å². The van der Waals surface area contributed by atoms with E-state index in [2.05, 4.69) is 10.0 Å². The highest BCUT2D eigenvalue weighted by Crippen LogP contribution is 2.32. The first-order valence-corrected chi connectivity index (χ1v) is 10.2. The molecule has 0 heterocycles. The Labute approximate surface area is 166 Å². The minimum Gasteiger partial charge on any atom is -0.330 e. The molecule has 27 heavy (non-hydrogen) atoms. The minimum absolute atomic E-state index is 0. The lowest BCUT2D eigenvalue weighted by atomic mass is 9.95. The van der Waals surface area contributed by atoms with Crippen molar-refractivity contribution in [3.05, 3.63) is 54.6 Å². The molecule has 2 aromatic rings. The van der Waals surface area contributed by atoms with Gasteiger partial charge >= 0.3 is 0 Å². The van der Waals surface area contributed by atoms with Crippen LogP contribution >= 0.6 is 12.4 Å². The second-order valence-electron chi connectivity index (χ2n) is 6.52. The lowest BCUT2D eigenvalue weighted by molar-refractivity contribution is -0.120. The van der Waals surface area contributed by atoms with Gasteiger partial charge in [-0.1, -0.05) is 30.7 Å². The van der Waals surface area contributed by atoms with Gasteiger partial charge in [-0.2, -0.15) is 0 Å². The first-order chi connectivity index (χ1) is 12.5. The summed E-state index contributed by atoms with van der Waals surface area (Å²) in [5.41, 5.74) is 6.69. The predicted molar refractivity (Wildman–Crippen MR) is 109 cm³/mol. The number of rotatable bonds is 6. The van der Waals surface area contributed by atoms with Crippen molar-refractivity contribution in [3.63, 3.8) is 0 Å². The minimum atomic E-state index is -3.73. The zero-order chi connectivity index (χ0) is 18.6.